The van der Waals surface area contributed by atoms with Gasteiger partial charge in [-0.2, -0.15) is 0 Å². The highest BCUT2D eigenvalue weighted by Crippen LogP contribution is 2.43. The van der Waals surface area contributed by atoms with Gasteiger partial charge in [-0.3, -0.25) is 13.6 Å². The van der Waals surface area contributed by atoms with E-state index < -0.39 is 29.1 Å². The molecule has 0 bridgehead atoms. The van der Waals surface area contributed by atoms with E-state index in [1.807, 2.05) is 0 Å². The number of pyridine rings is 1. The fourth-order valence-corrected chi connectivity index (χ4v) is 6.90. The van der Waals surface area contributed by atoms with Crippen molar-refractivity contribution in [1.82, 2.24) is 8.54 Å². The average molecular weight is 660 g/mol. The number of amides is 1. The molecule has 0 aliphatic carbocycles. The molecule has 2 aromatic heterocycles. The van der Waals surface area contributed by atoms with Crippen LogP contribution < -0.4 is 5.56 Å². The molecule has 0 radical (unpaired) electrons. The van der Waals surface area contributed by atoms with Gasteiger partial charge in [0.1, 0.15) is 5.82 Å². The monoisotopic (exact) mass is 659 g/mol. The molecule has 12 heteroatoms. The average Bonchev–Trinajstić information content (AvgIpc) is 3.39. The van der Waals surface area contributed by atoms with Gasteiger partial charge in [0.25, 0.3) is 12.0 Å². The molecule has 6 aromatic rings. The number of halogens is 4. The summed E-state index contributed by atoms with van der Waals surface area (Å²) in [7, 11) is -0.480. The van der Waals surface area contributed by atoms with Crippen LogP contribution in [0.25, 0.3) is 44.4 Å². The SMILES string of the molecule is Cn1cccc(-c2c(-c3cccc(-c4ccc(C(=O)N=O)cc4Cl)c3)n(S(=O)c3ccc(C(F)F)cc3)c3ccc(F)cc23)c1=O. The smallest absolute Gasteiger partial charge is 0.316 e. The third-order valence-electron chi connectivity index (χ3n) is 7.52. The van der Waals surface area contributed by atoms with Gasteiger partial charge in [-0.05, 0) is 66.2 Å². The zero-order valence-corrected chi connectivity index (χ0v) is 25.4. The van der Waals surface area contributed by atoms with Crippen molar-refractivity contribution < 1.29 is 22.2 Å². The van der Waals surface area contributed by atoms with Crippen LogP contribution in [0.2, 0.25) is 5.02 Å². The molecule has 1 unspecified atom stereocenters. The Labute approximate surface area is 267 Å². The number of nitroso groups, excluding NO2 is 1. The first-order valence-corrected chi connectivity index (χ1v) is 15.2. The summed E-state index contributed by atoms with van der Waals surface area (Å²) in [6, 6.07) is 23.4. The number of carbonyl (C=O) groups is 1. The highest BCUT2D eigenvalue weighted by Gasteiger charge is 2.27. The van der Waals surface area contributed by atoms with Crippen LogP contribution in [0, 0.1) is 10.7 Å². The zero-order valence-electron chi connectivity index (χ0n) is 23.8. The van der Waals surface area contributed by atoms with Gasteiger partial charge in [-0.15, -0.1) is 4.91 Å². The van der Waals surface area contributed by atoms with E-state index in [-0.39, 0.29) is 32.2 Å². The van der Waals surface area contributed by atoms with Crippen LogP contribution >= 0.6 is 11.6 Å². The Balaban J connectivity index is 1.66. The molecule has 7 nitrogen and oxygen atoms in total. The van der Waals surface area contributed by atoms with Crippen LogP contribution in [0.15, 0.2) is 118 Å². The maximum Gasteiger partial charge on any atom is 0.316 e. The van der Waals surface area contributed by atoms with Crippen molar-refractivity contribution in [3.8, 4) is 33.5 Å². The number of rotatable bonds is 7. The summed E-state index contributed by atoms with van der Waals surface area (Å²) in [5.74, 6) is -1.56. The summed E-state index contributed by atoms with van der Waals surface area (Å²) in [4.78, 5) is 36.3. The molecular formula is C34H21ClF3N3O4S. The Morgan fingerprint density at radius 3 is 2.33 bits per heavy atom. The lowest BCUT2D eigenvalue weighted by Crippen LogP contribution is -2.17. The topological polar surface area (TPSA) is 90.5 Å². The minimum Gasteiger partial charge on any atom is -0.318 e. The summed E-state index contributed by atoms with van der Waals surface area (Å²) < 4.78 is 58.7. The standard InChI is InChI=1S/C34H21ClF3N3O4S/c1-40-15-3-6-26(34(40)43)30-27-18-23(36)10-14-29(27)41(46(45)24-11-7-19(8-12-24)32(37)38)31(30)21-5-2-4-20(16-21)25-13-9-22(17-28(25)35)33(42)39-44/h2-18,32H,1H3. The van der Waals surface area contributed by atoms with E-state index in [0.29, 0.717) is 38.9 Å². The normalized spacial score (nSPS) is 12.0. The number of aryl methyl sites for hydroxylation is 1. The number of carbonyl (C=O) groups excluding carboxylic acids is 1. The fraction of sp³-hybridized carbons (Fsp3) is 0.0588. The first-order chi connectivity index (χ1) is 22.1. The third kappa shape index (κ3) is 5.48. The predicted molar refractivity (Wildman–Crippen MR) is 172 cm³/mol. The zero-order chi connectivity index (χ0) is 32.7. The number of alkyl halides is 2. The Morgan fingerprint density at radius 1 is 0.891 bits per heavy atom. The second-order valence-corrected chi connectivity index (χ2v) is 12.1. The van der Waals surface area contributed by atoms with Gasteiger partial charge in [0.15, 0.2) is 11.0 Å². The maximum atomic E-state index is 14.8. The summed E-state index contributed by atoms with van der Waals surface area (Å²) in [6.45, 7) is 0. The molecule has 0 saturated carbocycles. The largest absolute Gasteiger partial charge is 0.318 e. The van der Waals surface area contributed by atoms with E-state index in [2.05, 4.69) is 5.18 Å². The lowest BCUT2D eigenvalue weighted by Gasteiger charge is -2.15. The first kappa shape index (κ1) is 30.9. The van der Waals surface area contributed by atoms with Gasteiger partial charge in [-0.1, -0.05) is 48.0 Å². The lowest BCUT2D eigenvalue weighted by atomic mass is 9.96. The van der Waals surface area contributed by atoms with Gasteiger partial charge < -0.3 is 4.57 Å². The van der Waals surface area contributed by atoms with E-state index in [0.717, 1.165) is 0 Å². The molecule has 1 amide bonds. The quantitative estimate of drug-likeness (QED) is 0.161. The van der Waals surface area contributed by atoms with E-state index in [9.17, 15) is 31.9 Å². The summed E-state index contributed by atoms with van der Waals surface area (Å²) in [5, 5.41) is 2.90. The van der Waals surface area contributed by atoms with Crippen LogP contribution in [0.4, 0.5) is 13.2 Å². The number of hydrogen-bond acceptors (Lipinski definition) is 4. The summed E-state index contributed by atoms with van der Waals surface area (Å²) >= 11 is 6.52. The van der Waals surface area contributed by atoms with Gasteiger partial charge >= 0.3 is 5.91 Å². The summed E-state index contributed by atoms with van der Waals surface area (Å²) in [5.41, 5.74) is 2.09. The van der Waals surface area contributed by atoms with E-state index in [1.165, 1.54) is 63.1 Å². The van der Waals surface area contributed by atoms with Crippen molar-refractivity contribution in [2.75, 3.05) is 0 Å². The Hall–Kier alpha value is -5.13. The van der Waals surface area contributed by atoms with Crippen molar-refractivity contribution >= 4 is 39.4 Å². The molecule has 0 aliphatic rings. The van der Waals surface area contributed by atoms with Crippen LogP contribution in [-0.4, -0.2) is 18.7 Å². The van der Waals surface area contributed by atoms with Crippen LogP contribution in [-0.2, 0) is 18.0 Å². The van der Waals surface area contributed by atoms with Crippen LogP contribution in [0.3, 0.4) is 0 Å². The van der Waals surface area contributed by atoms with E-state index >= 15 is 0 Å². The second kappa shape index (κ2) is 12.3. The highest BCUT2D eigenvalue weighted by atomic mass is 35.5. The van der Waals surface area contributed by atoms with E-state index in [1.54, 1.807) is 55.7 Å². The molecule has 6 rings (SSSR count). The van der Waals surface area contributed by atoms with Gasteiger partial charge in [0.2, 0.25) is 0 Å². The van der Waals surface area contributed by atoms with Crippen molar-refractivity contribution in [2.24, 2.45) is 12.2 Å². The molecule has 1 atom stereocenters. The lowest BCUT2D eigenvalue weighted by molar-refractivity contribution is 0.100. The molecule has 46 heavy (non-hydrogen) atoms. The molecule has 0 spiro atoms. The number of benzene rings is 4. The number of hydrogen-bond donors (Lipinski definition) is 0. The van der Waals surface area contributed by atoms with Crippen LogP contribution in [0.5, 0.6) is 0 Å². The van der Waals surface area contributed by atoms with Gasteiger partial charge in [0.05, 0.1) is 16.1 Å². The maximum absolute atomic E-state index is 14.8. The van der Waals surface area contributed by atoms with Crippen molar-refractivity contribution in [1.29, 1.82) is 0 Å². The molecule has 0 fully saturated rings. The van der Waals surface area contributed by atoms with E-state index in [4.69, 9.17) is 11.6 Å². The minimum atomic E-state index is -2.72. The number of nitrogens with zero attached hydrogens (tertiary/aromatic N) is 3. The third-order valence-corrected chi connectivity index (χ3v) is 9.22. The number of aromatic nitrogens is 2. The second-order valence-electron chi connectivity index (χ2n) is 10.3. The molecule has 230 valence electrons. The van der Waals surface area contributed by atoms with Gasteiger partial charge in [-0.25, -0.2) is 17.4 Å². The first-order valence-electron chi connectivity index (χ1n) is 13.7. The Bertz CT molecular complexity index is 2270. The minimum absolute atomic E-state index is 0.0116. The van der Waals surface area contributed by atoms with Crippen molar-refractivity contribution in [3.63, 3.8) is 0 Å². The highest BCUT2D eigenvalue weighted by molar-refractivity contribution is 7.83. The summed E-state index contributed by atoms with van der Waals surface area (Å²) in [6.07, 6.45) is -1.14. The van der Waals surface area contributed by atoms with Crippen molar-refractivity contribution in [2.45, 2.75) is 11.3 Å². The molecule has 4 aromatic carbocycles. The Morgan fingerprint density at radius 2 is 1.63 bits per heavy atom. The van der Waals surface area contributed by atoms with Gasteiger partial charge in [0, 0.05) is 62.2 Å². The molecule has 0 saturated heterocycles. The van der Waals surface area contributed by atoms with Crippen molar-refractivity contribution in [3.05, 3.63) is 140 Å². The van der Waals surface area contributed by atoms with Crippen LogP contribution in [0.1, 0.15) is 22.3 Å². The molecule has 2 heterocycles. The molecule has 0 N–H and O–H groups in total. The number of fused-ring (bicyclic) bond motifs is 1. The molecule has 0 aliphatic heterocycles. The Kier molecular flexibility index (Phi) is 8.28. The predicted octanol–water partition coefficient (Wildman–Crippen LogP) is 8.55. The fourth-order valence-electron chi connectivity index (χ4n) is 5.33. The molecular weight excluding hydrogens is 639 g/mol.